The first kappa shape index (κ1) is 16.3. The van der Waals surface area contributed by atoms with Crippen molar-refractivity contribution in [1.82, 2.24) is 4.90 Å². The molecule has 1 aromatic rings. The van der Waals surface area contributed by atoms with E-state index in [-0.39, 0.29) is 18.1 Å². The van der Waals surface area contributed by atoms with Gasteiger partial charge in [0.15, 0.2) is 0 Å². The molecule has 1 aliphatic rings. The van der Waals surface area contributed by atoms with Crippen LogP contribution in [0, 0.1) is 0 Å². The Morgan fingerprint density at radius 2 is 2.00 bits per heavy atom. The molecule has 0 N–H and O–H groups in total. The molecular weight excluding hydrogens is 334 g/mol. The summed E-state index contributed by atoms with van der Waals surface area (Å²) in [5.41, 5.74) is 1.23. The van der Waals surface area contributed by atoms with Crippen LogP contribution >= 0.6 is 15.9 Å². The fourth-order valence-electron chi connectivity index (χ4n) is 2.99. The van der Waals surface area contributed by atoms with E-state index in [1.165, 1.54) is 12.7 Å². The highest BCUT2D eigenvalue weighted by Gasteiger charge is 2.38. The summed E-state index contributed by atoms with van der Waals surface area (Å²) in [7, 11) is 3.13. The van der Waals surface area contributed by atoms with Gasteiger partial charge in [-0.05, 0) is 37.0 Å². The lowest BCUT2D eigenvalue weighted by Crippen LogP contribution is -2.39. The van der Waals surface area contributed by atoms with Gasteiger partial charge < -0.3 is 9.47 Å². The predicted molar refractivity (Wildman–Crippen MR) is 85.9 cm³/mol. The molecule has 1 heterocycles. The number of alkyl halides is 1. The molecule has 21 heavy (non-hydrogen) atoms. The number of nitrogens with zero attached hydrogens (tertiary/aromatic N) is 1. The highest BCUT2D eigenvalue weighted by Crippen LogP contribution is 2.37. The van der Waals surface area contributed by atoms with Crippen molar-refractivity contribution in [2.75, 3.05) is 26.1 Å². The van der Waals surface area contributed by atoms with Crippen LogP contribution in [0.5, 0.6) is 5.75 Å². The summed E-state index contributed by atoms with van der Waals surface area (Å²) in [4.78, 5) is 14.2. The van der Waals surface area contributed by atoms with E-state index < -0.39 is 0 Å². The molecule has 1 aromatic carbocycles. The first-order valence-corrected chi connectivity index (χ1v) is 8.37. The first-order valence-electron chi connectivity index (χ1n) is 7.24. The van der Waals surface area contributed by atoms with Crippen molar-refractivity contribution in [2.24, 2.45) is 0 Å². The molecular formula is C16H22BrNO3. The first-order chi connectivity index (χ1) is 10.2. The Morgan fingerprint density at radius 1 is 1.29 bits per heavy atom. The zero-order valence-corrected chi connectivity index (χ0v) is 14.1. The number of hydrogen-bond donors (Lipinski definition) is 0. The van der Waals surface area contributed by atoms with E-state index in [2.05, 4.69) is 33.0 Å². The van der Waals surface area contributed by atoms with E-state index in [1.54, 1.807) is 7.11 Å². The van der Waals surface area contributed by atoms with Crippen LogP contribution in [-0.4, -0.2) is 43.0 Å². The van der Waals surface area contributed by atoms with Crippen molar-refractivity contribution in [1.29, 1.82) is 0 Å². The van der Waals surface area contributed by atoms with E-state index in [1.807, 2.05) is 12.1 Å². The summed E-state index contributed by atoms with van der Waals surface area (Å²) in [6.45, 7) is 0.891. The van der Waals surface area contributed by atoms with E-state index in [4.69, 9.17) is 9.47 Å². The summed E-state index contributed by atoms with van der Waals surface area (Å²) in [5, 5.41) is 0.937. The molecule has 1 fully saturated rings. The van der Waals surface area contributed by atoms with Gasteiger partial charge in [0.05, 0.1) is 14.2 Å². The Labute approximate surface area is 134 Å². The second kappa shape index (κ2) is 7.80. The molecule has 2 atom stereocenters. The topological polar surface area (TPSA) is 38.8 Å². The van der Waals surface area contributed by atoms with Gasteiger partial charge in [0.25, 0.3) is 0 Å². The van der Waals surface area contributed by atoms with Gasteiger partial charge >= 0.3 is 5.97 Å². The number of benzene rings is 1. The van der Waals surface area contributed by atoms with Gasteiger partial charge in [0, 0.05) is 17.9 Å². The number of esters is 1. The third-order valence-corrected chi connectivity index (χ3v) is 4.60. The molecule has 4 nitrogen and oxygen atoms in total. The van der Waals surface area contributed by atoms with Crippen molar-refractivity contribution >= 4 is 21.9 Å². The minimum absolute atomic E-state index is 0.124. The average molecular weight is 356 g/mol. The third-order valence-electron chi connectivity index (χ3n) is 4.04. The van der Waals surface area contributed by atoms with Crippen molar-refractivity contribution < 1.29 is 14.3 Å². The Hall–Kier alpha value is -1.07. The van der Waals surface area contributed by atoms with E-state index >= 15 is 0 Å². The second-order valence-electron chi connectivity index (χ2n) is 5.19. The van der Waals surface area contributed by atoms with Crippen LogP contribution in [0.15, 0.2) is 24.3 Å². The molecule has 5 heteroatoms. The van der Waals surface area contributed by atoms with Crippen LogP contribution in [0.4, 0.5) is 0 Å². The maximum absolute atomic E-state index is 12.0. The number of carbonyl (C=O) groups is 1. The number of carbonyl (C=O) groups excluding carboxylic acids is 1. The van der Waals surface area contributed by atoms with Gasteiger partial charge in [-0.1, -0.05) is 28.1 Å². The van der Waals surface area contributed by atoms with Crippen molar-refractivity contribution in [3.05, 3.63) is 29.8 Å². The van der Waals surface area contributed by atoms with E-state index in [0.717, 1.165) is 36.9 Å². The minimum atomic E-state index is -0.124. The highest BCUT2D eigenvalue weighted by atomic mass is 79.9. The van der Waals surface area contributed by atoms with Crippen molar-refractivity contribution in [2.45, 2.75) is 31.3 Å². The van der Waals surface area contributed by atoms with Gasteiger partial charge in [-0.3, -0.25) is 9.69 Å². The average Bonchev–Trinajstić information content (AvgIpc) is 2.96. The number of hydrogen-bond acceptors (Lipinski definition) is 4. The third kappa shape index (κ3) is 3.77. The lowest BCUT2D eigenvalue weighted by atomic mass is 10.0. The molecule has 116 valence electrons. The zero-order chi connectivity index (χ0) is 15.2. The number of halogens is 1. The SMILES string of the molecule is COC(=O)C1CCC(c2ccc(OC)cc2)N1CCCBr. The highest BCUT2D eigenvalue weighted by molar-refractivity contribution is 9.09. The molecule has 1 aliphatic heterocycles. The van der Waals surface area contributed by atoms with Crippen LogP contribution in [0.3, 0.4) is 0 Å². The summed E-state index contributed by atoms with van der Waals surface area (Å²) < 4.78 is 10.2. The largest absolute Gasteiger partial charge is 0.497 e. The van der Waals surface area contributed by atoms with Crippen LogP contribution < -0.4 is 4.74 Å². The standard InChI is InChI=1S/C16H22BrNO3/c1-20-13-6-4-12(5-7-13)14-8-9-15(16(19)21-2)18(14)11-3-10-17/h4-7,14-15H,3,8-11H2,1-2H3. The van der Waals surface area contributed by atoms with Crippen molar-refractivity contribution in [3.8, 4) is 5.75 Å². The van der Waals surface area contributed by atoms with Gasteiger partial charge in [-0.25, -0.2) is 0 Å². The maximum atomic E-state index is 12.0. The van der Waals surface area contributed by atoms with Crippen molar-refractivity contribution in [3.63, 3.8) is 0 Å². The van der Waals surface area contributed by atoms with Gasteiger partial charge in [-0.2, -0.15) is 0 Å². The van der Waals surface area contributed by atoms with Crippen LogP contribution in [0.1, 0.15) is 30.9 Å². The summed E-state index contributed by atoms with van der Waals surface area (Å²) >= 11 is 3.47. The summed E-state index contributed by atoms with van der Waals surface area (Å²) in [6.07, 6.45) is 2.85. The maximum Gasteiger partial charge on any atom is 0.323 e. The lowest BCUT2D eigenvalue weighted by Gasteiger charge is -2.29. The molecule has 2 unspecified atom stereocenters. The van der Waals surface area contributed by atoms with Gasteiger partial charge in [0.2, 0.25) is 0 Å². The lowest BCUT2D eigenvalue weighted by molar-refractivity contribution is -0.146. The molecule has 2 rings (SSSR count). The molecule has 0 aliphatic carbocycles. The van der Waals surface area contributed by atoms with E-state index in [9.17, 15) is 4.79 Å². The molecule has 0 spiro atoms. The number of likely N-dealkylation sites (tertiary alicyclic amines) is 1. The Kier molecular flexibility index (Phi) is 6.06. The fourth-order valence-corrected chi connectivity index (χ4v) is 3.24. The van der Waals surface area contributed by atoms with Crippen LogP contribution in [0.25, 0.3) is 0 Å². The smallest absolute Gasteiger partial charge is 0.323 e. The fraction of sp³-hybridized carbons (Fsp3) is 0.562. The van der Waals surface area contributed by atoms with Gasteiger partial charge in [0.1, 0.15) is 11.8 Å². The Morgan fingerprint density at radius 3 is 2.57 bits per heavy atom. The molecule has 0 radical (unpaired) electrons. The number of rotatable bonds is 6. The van der Waals surface area contributed by atoms with E-state index in [0.29, 0.717) is 0 Å². The molecule has 0 bridgehead atoms. The molecule has 0 saturated carbocycles. The van der Waals surface area contributed by atoms with Crippen LogP contribution in [0.2, 0.25) is 0 Å². The monoisotopic (exact) mass is 355 g/mol. The quantitative estimate of drug-likeness (QED) is 0.580. The van der Waals surface area contributed by atoms with Gasteiger partial charge in [-0.15, -0.1) is 0 Å². The Bertz CT molecular complexity index is 463. The minimum Gasteiger partial charge on any atom is -0.497 e. The Balaban J connectivity index is 2.17. The molecule has 0 amide bonds. The number of methoxy groups -OCH3 is 2. The summed E-state index contributed by atoms with van der Waals surface area (Å²) in [6, 6.07) is 8.28. The normalized spacial score (nSPS) is 22.2. The molecule has 0 aromatic heterocycles. The zero-order valence-electron chi connectivity index (χ0n) is 12.5. The second-order valence-corrected chi connectivity index (χ2v) is 5.98. The summed E-state index contributed by atoms with van der Waals surface area (Å²) in [5.74, 6) is 0.730. The number of ether oxygens (including phenoxy) is 2. The predicted octanol–water partition coefficient (Wildman–Crippen LogP) is 3.16. The van der Waals surface area contributed by atoms with Crippen LogP contribution in [-0.2, 0) is 9.53 Å². The molecule has 1 saturated heterocycles.